The van der Waals surface area contributed by atoms with E-state index in [4.69, 9.17) is 16.0 Å². The standard InChI is InChI=1S/C14H17ClN2O/c1-2-6-17-14(9-11-4-3-8-18-11)12-5-7-16-10-13(12)15/h3-5,7-8,10,14,17H,2,6,9H2,1H3. The second kappa shape index (κ2) is 6.57. The first-order valence-electron chi connectivity index (χ1n) is 6.16. The molecule has 2 aromatic rings. The fourth-order valence-corrected chi connectivity index (χ4v) is 2.16. The van der Waals surface area contributed by atoms with Gasteiger partial charge in [-0.15, -0.1) is 0 Å². The highest BCUT2D eigenvalue weighted by Gasteiger charge is 2.15. The van der Waals surface area contributed by atoms with Gasteiger partial charge >= 0.3 is 0 Å². The first-order chi connectivity index (χ1) is 8.81. The minimum absolute atomic E-state index is 0.159. The Morgan fingerprint density at radius 2 is 2.33 bits per heavy atom. The van der Waals surface area contributed by atoms with Crippen LogP contribution < -0.4 is 5.32 Å². The summed E-state index contributed by atoms with van der Waals surface area (Å²) >= 11 is 6.20. The van der Waals surface area contributed by atoms with Gasteiger partial charge in [0.2, 0.25) is 0 Å². The van der Waals surface area contributed by atoms with E-state index in [1.807, 2.05) is 18.2 Å². The minimum Gasteiger partial charge on any atom is -0.469 e. The zero-order valence-corrected chi connectivity index (χ0v) is 11.2. The van der Waals surface area contributed by atoms with Crippen LogP contribution in [0.3, 0.4) is 0 Å². The SMILES string of the molecule is CCCNC(Cc1ccco1)c1ccncc1Cl. The molecule has 0 bridgehead atoms. The highest BCUT2D eigenvalue weighted by atomic mass is 35.5. The van der Waals surface area contributed by atoms with Crippen molar-refractivity contribution >= 4 is 11.6 Å². The number of aromatic nitrogens is 1. The number of pyridine rings is 1. The number of hydrogen-bond acceptors (Lipinski definition) is 3. The van der Waals surface area contributed by atoms with Gasteiger partial charge in [0.25, 0.3) is 0 Å². The van der Waals surface area contributed by atoms with Crippen LogP contribution in [0, 0.1) is 0 Å². The number of hydrogen-bond donors (Lipinski definition) is 1. The van der Waals surface area contributed by atoms with Crippen molar-refractivity contribution in [3.8, 4) is 0 Å². The third-order valence-electron chi connectivity index (χ3n) is 2.81. The molecule has 0 saturated heterocycles. The zero-order valence-electron chi connectivity index (χ0n) is 10.4. The van der Waals surface area contributed by atoms with E-state index in [0.717, 1.165) is 30.7 Å². The largest absolute Gasteiger partial charge is 0.469 e. The van der Waals surface area contributed by atoms with Gasteiger partial charge in [-0.1, -0.05) is 18.5 Å². The molecule has 0 aliphatic rings. The van der Waals surface area contributed by atoms with Crippen molar-refractivity contribution in [1.29, 1.82) is 0 Å². The summed E-state index contributed by atoms with van der Waals surface area (Å²) in [6.45, 7) is 3.09. The highest BCUT2D eigenvalue weighted by Crippen LogP contribution is 2.25. The van der Waals surface area contributed by atoms with Crippen LogP contribution in [0.2, 0.25) is 5.02 Å². The van der Waals surface area contributed by atoms with E-state index in [9.17, 15) is 0 Å². The topological polar surface area (TPSA) is 38.1 Å². The lowest BCUT2D eigenvalue weighted by molar-refractivity contribution is 0.449. The van der Waals surface area contributed by atoms with Crippen LogP contribution in [0.1, 0.15) is 30.7 Å². The van der Waals surface area contributed by atoms with Crippen molar-refractivity contribution in [2.45, 2.75) is 25.8 Å². The maximum absolute atomic E-state index is 6.20. The van der Waals surface area contributed by atoms with Crippen LogP contribution in [0.15, 0.2) is 41.3 Å². The van der Waals surface area contributed by atoms with Crippen LogP contribution in [-0.2, 0) is 6.42 Å². The Balaban J connectivity index is 2.16. The number of nitrogens with one attached hydrogen (secondary N) is 1. The lowest BCUT2D eigenvalue weighted by Crippen LogP contribution is -2.24. The molecule has 1 N–H and O–H groups in total. The van der Waals surface area contributed by atoms with E-state index in [0.29, 0.717) is 5.02 Å². The third kappa shape index (κ3) is 3.34. The predicted molar refractivity (Wildman–Crippen MR) is 72.7 cm³/mol. The molecule has 0 fully saturated rings. The summed E-state index contributed by atoms with van der Waals surface area (Å²) in [5.41, 5.74) is 1.07. The van der Waals surface area contributed by atoms with Crippen LogP contribution in [0.4, 0.5) is 0 Å². The molecule has 4 heteroatoms. The first-order valence-corrected chi connectivity index (χ1v) is 6.54. The van der Waals surface area contributed by atoms with E-state index in [1.54, 1.807) is 18.7 Å². The Morgan fingerprint density at radius 1 is 1.44 bits per heavy atom. The molecule has 0 aliphatic carbocycles. The molecule has 1 unspecified atom stereocenters. The summed E-state index contributed by atoms with van der Waals surface area (Å²) in [7, 11) is 0. The van der Waals surface area contributed by atoms with E-state index in [2.05, 4.69) is 17.2 Å². The molecule has 2 heterocycles. The maximum Gasteiger partial charge on any atom is 0.105 e. The van der Waals surface area contributed by atoms with Crippen molar-refractivity contribution in [2.75, 3.05) is 6.54 Å². The smallest absolute Gasteiger partial charge is 0.105 e. The normalized spacial score (nSPS) is 12.6. The summed E-state index contributed by atoms with van der Waals surface area (Å²) in [5, 5.41) is 4.18. The Labute approximate surface area is 112 Å². The van der Waals surface area contributed by atoms with Crippen molar-refractivity contribution < 1.29 is 4.42 Å². The molecule has 0 amide bonds. The number of furan rings is 1. The monoisotopic (exact) mass is 264 g/mol. The van der Waals surface area contributed by atoms with E-state index >= 15 is 0 Å². The van der Waals surface area contributed by atoms with Gasteiger partial charge in [0, 0.05) is 24.9 Å². The molecule has 2 aromatic heterocycles. The number of nitrogens with zero attached hydrogens (tertiary/aromatic N) is 1. The summed E-state index contributed by atoms with van der Waals surface area (Å²) < 4.78 is 5.41. The second-order valence-electron chi connectivity index (χ2n) is 4.19. The molecule has 96 valence electrons. The van der Waals surface area contributed by atoms with Crippen LogP contribution in [0.5, 0.6) is 0 Å². The van der Waals surface area contributed by atoms with E-state index in [-0.39, 0.29) is 6.04 Å². The van der Waals surface area contributed by atoms with Gasteiger partial charge in [0.15, 0.2) is 0 Å². The number of halogens is 1. The van der Waals surface area contributed by atoms with Gasteiger partial charge in [-0.25, -0.2) is 0 Å². The second-order valence-corrected chi connectivity index (χ2v) is 4.59. The van der Waals surface area contributed by atoms with Gasteiger partial charge in [-0.3, -0.25) is 4.98 Å². The fraction of sp³-hybridized carbons (Fsp3) is 0.357. The quantitative estimate of drug-likeness (QED) is 0.866. The third-order valence-corrected chi connectivity index (χ3v) is 3.12. The van der Waals surface area contributed by atoms with Crippen molar-refractivity contribution in [2.24, 2.45) is 0 Å². The zero-order chi connectivity index (χ0) is 12.8. The lowest BCUT2D eigenvalue weighted by atomic mass is 10.0. The summed E-state index contributed by atoms with van der Waals surface area (Å²) in [4.78, 5) is 4.02. The molecule has 0 saturated carbocycles. The van der Waals surface area contributed by atoms with Crippen molar-refractivity contribution in [1.82, 2.24) is 10.3 Å². The molecule has 3 nitrogen and oxygen atoms in total. The van der Waals surface area contributed by atoms with Gasteiger partial charge in [0.05, 0.1) is 11.3 Å². The average Bonchev–Trinajstić information content (AvgIpc) is 2.88. The average molecular weight is 265 g/mol. The van der Waals surface area contributed by atoms with Crippen LogP contribution in [-0.4, -0.2) is 11.5 Å². The maximum atomic E-state index is 6.20. The fourth-order valence-electron chi connectivity index (χ4n) is 1.91. The Kier molecular flexibility index (Phi) is 4.79. The van der Waals surface area contributed by atoms with E-state index in [1.165, 1.54) is 0 Å². The van der Waals surface area contributed by atoms with E-state index < -0.39 is 0 Å². The van der Waals surface area contributed by atoms with Gasteiger partial charge < -0.3 is 9.73 Å². The molecule has 2 rings (SSSR count). The van der Waals surface area contributed by atoms with Gasteiger partial charge in [-0.05, 0) is 36.7 Å². The Morgan fingerprint density at radius 3 is 3.00 bits per heavy atom. The molecular formula is C14H17ClN2O. The van der Waals surface area contributed by atoms with Crippen LogP contribution >= 0.6 is 11.6 Å². The predicted octanol–water partition coefficient (Wildman–Crippen LogP) is 3.61. The summed E-state index contributed by atoms with van der Waals surface area (Å²) in [6, 6.07) is 6.00. The Hall–Kier alpha value is -1.32. The van der Waals surface area contributed by atoms with Gasteiger partial charge in [-0.2, -0.15) is 0 Å². The molecular weight excluding hydrogens is 248 g/mol. The highest BCUT2D eigenvalue weighted by molar-refractivity contribution is 6.31. The van der Waals surface area contributed by atoms with Crippen LogP contribution in [0.25, 0.3) is 0 Å². The summed E-state index contributed by atoms with van der Waals surface area (Å²) in [5.74, 6) is 0.955. The molecule has 0 aromatic carbocycles. The van der Waals surface area contributed by atoms with Crippen molar-refractivity contribution in [3.63, 3.8) is 0 Å². The first kappa shape index (κ1) is 13.1. The molecule has 0 aliphatic heterocycles. The molecule has 0 spiro atoms. The van der Waals surface area contributed by atoms with Crippen molar-refractivity contribution in [3.05, 3.63) is 53.2 Å². The molecule has 1 atom stereocenters. The minimum atomic E-state index is 0.159. The summed E-state index contributed by atoms with van der Waals surface area (Å²) in [6.07, 6.45) is 7.01. The van der Waals surface area contributed by atoms with Gasteiger partial charge in [0.1, 0.15) is 5.76 Å². The molecule has 18 heavy (non-hydrogen) atoms. The molecule has 0 radical (unpaired) electrons. The number of rotatable bonds is 6. The lowest BCUT2D eigenvalue weighted by Gasteiger charge is -2.18. The Bertz CT molecular complexity index is 470.